The van der Waals surface area contributed by atoms with Crippen LogP contribution < -0.4 is 0 Å². The summed E-state index contributed by atoms with van der Waals surface area (Å²) in [6.45, 7) is -0.00212. The van der Waals surface area contributed by atoms with E-state index < -0.39 is 11.9 Å². The Bertz CT molecular complexity index is 849. The molecule has 0 bridgehead atoms. The average molecular weight is 328 g/mol. The molecule has 0 saturated heterocycles. The van der Waals surface area contributed by atoms with E-state index in [1.165, 1.54) is 11.3 Å². The predicted molar refractivity (Wildman–Crippen MR) is 85.1 cm³/mol. The first-order valence-electron chi connectivity index (χ1n) is 6.72. The fourth-order valence-corrected chi connectivity index (χ4v) is 2.97. The number of carboxylic acid groups (broad SMARTS) is 1. The number of nitrogens with zero attached hydrogens (tertiary/aromatic N) is 2. The van der Waals surface area contributed by atoms with Crippen molar-refractivity contribution in [1.82, 2.24) is 9.38 Å². The van der Waals surface area contributed by atoms with E-state index in [0.29, 0.717) is 5.69 Å². The molecule has 0 atom stereocenters. The Labute approximate surface area is 135 Å². The van der Waals surface area contributed by atoms with Gasteiger partial charge in [-0.1, -0.05) is 41.7 Å². The molecule has 7 heteroatoms. The van der Waals surface area contributed by atoms with Crippen molar-refractivity contribution >= 4 is 28.2 Å². The number of hydrogen-bond acceptors (Lipinski definition) is 5. The lowest BCUT2D eigenvalue weighted by molar-refractivity contribution is -0.140. The Morgan fingerprint density at radius 1 is 1.22 bits per heavy atom. The smallest absolute Gasteiger partial charge is 0.331 e. The van der Waals surface area contributed by atoms with Crippen molar-refractivity contribution in [2.24, 2.45) is 0 Å². The number of benzene rings is 1. The van der Waals surface area contributed by atoms with Gasteiger partial charge in [-0.25, -0.2) is 14.6 Å². The maximum Gasteiger partial charge on any atom is 0.331 e. The molecule has 0 aliphatic heterocycles. The van der Waals surface area contributed by atoms with Crippen molar-refractivity contribution in [2.75, 3.05) is 0 Å². The van der Waals surface area contributed by atoms with Crippen LogP contribution in [0.2, 0.25) is 0 Å². The highest BCUT2D eigenvalue weighted by Crippen LogP contribution is 2.28. The van der Waals surface area contributed by atoms with Gasteiger partial charge < -0.3 is 9.84 Å². The van der Waals surface area contributed by atoms with Gasteiger partial charge in [0.2, 0.25) is 0 Å². The van der Waals surface area contributed by atoms with Crippen molar-refractivity contribution in [1.29, 1.82) is 0 Å². The van der Waals surface area contributed by atoms with Crippen molar-refractivity contribution in [2.45, 2.75) is 6.61 Å². The summed E-state index contributed by atoms with van der Waals surface area (Å²) in [5.74, 6) is -1.91. The molecule has 2 aromatic heterocycles. The highest BCUT2D eigenvalue weighted by Gasteiger charge is 2.09. The molecule has 6 nitrogen and oxygen atoms in total. The zero-order valence-electron chi connectivity index (χ0n) is 11.9. The Hall–Kier alpha value is -2.93. The summed E-state index contributed by atoms with van der Waals surface area (Å²) in [6, 6.07) is 9.99. The van der Waals surface area contributed by atoms with E-state index in [1.807, 2.05) is 40.9 Å². The van der Waals surface area contributed by atoms with Crippen molar-refractivity contribution in [3.63, 3.8) is 0 Å². The molecular weight excluding hydrogens is 316 g/mol. The summed E-state index contributed by atoms with van der Waals surface area (Å²) >= 11 is 1.54. The first-order chi connectivity index (χ1) is 11.1. The number of fused-ring (bicyclic) bond motifs is 1. The van der Waals surface area contributed by atoms with Gasteiger partial charge in [0.1, 0.15) is 6.61 Å². The van der Waals surface area contributed by atoms with Gasteiger partial charge in [-0.05, 0) is 5.56 Å². The minimum absolute atomic E-state index is 0.00212. The minimum atomic E-state index is -1.20. The van der Waals surface area contributed by atoms with Gasteiger partial charge in [0.15, 0.2) is 4.96 Å². The number of aliphatic carboxylic acids is 1. The Kier molecular flexibility index (Phi) is 4.20. The fraction of sp³-hybridized carbons (Fsp3) is 0.0625. The molecule has 0 amide bonds. The van der Waals surface area contributed by atoms with Gasteiger partial charge in [-0.2, -0.15) is 0 Å². The lowest BCUT2D eigenvalue weighted by Gasteiger charge is -1.97. The van der Waals surface area contributed by atoms with E-state index in [1.54, 1.807) is 6.20 Å². The number of carbonyl (C=O) groups excluding carboxylic acids is 1. The van der Waals surface area contributed by atoms with Crippen LogP contribution in [0.3, 0.4) is 0 Å². The zero-order chi connectivity index (χ0) is 16.2. The lowest BCUT2D eigenvalue weighted by Crippen LogP contribution is -2.02. The van der Waals surface area contributed by atoms with E-state index in [0.717, 1.165) is 27.6 Å². The van der Waals surface area contributed by atoms with Crippen LogP contribution in [0.5, 0.6) is 0 Å². The van der Waals surface area contributed by atoms with Crippen LogP contribution in [-0.4, -0.2) is 26.4 Å². The molecule has 23 heavy (non-hydrogen) atoms. The molecule has 3 rings (SSSR count). The second kappa shape index (κ2) is 6.45. The van der Waals surface area contributed by atoms with Crippen LogP contribution in [0.25, 0.3) is 15.4 Å². The third-order valence-electron chi connectivity index (χ3n) is 2.99. The number of carbonyl (C=O) groups is 2. The summed E-state index contributed by atoms with van der Waals surface area (Å²) in [6.07, 6.45) is 5.36. The number of imidazole rings is 1. The molecular formula is C16H12N2O4S. The fourth-order valence-electron chi connectivity index (χ4n) is 1.98. The first-order valence-corrected chi connectivity index (χ1v) is 7.54. The van der Waals surface area contributed by atoms with Gasteiger partial charge in [-0.3, -0.25) is 4.40 Å². The second-order valence-electron chi connectivity index (χ2n) is 4.66. The third-order valence-corrected chi connectivity index (χ3v) is 4.03. The Morgan fingerprint density at radius 2 is 2.00 bits per heavy atom. The third kappa shape index (κ3) is 3.64. The van der Waals surface area contributed by atoms with Gasteiger partial charge >= 0.3 is 11.9 Å². The number of esters is 1. The maximum absolute atomic E-state index is 11.3. The predicted octanol–water partition coefficient (Wildman–Crippen LogP) is 2.75. The van der Waals surface area contributed by atoms with E-state index in [9.17, 15) is 9.59 Å². The van der Waals surface area contributed by atoms with Gasteiger partial charge in [0, 0.05) is 24.5 Å². The Morgan fingerprint density at radius 3 is 2.70 bits per heavy atom. The maximum atomic E-state index is 11.3. The van der Waals surface area contributed by atoms with Crippen LogP contribution >= 0.6 is 11.3 Å². The number of ether oxygens (including phenoxy) is 1. The van der Waals surface area contributed by atoms with E-state index >= 15 is 0 Å². The summed E-state index contributed by atoms with van der Waals surface area (Å²) in [7, 11) is 0. The summed E-state index contributed by atoms with van der Waals surface area (Å²) in [5, 5.41) is 8.43. The van der Waals surface area contributed by atoms with Crippen LogP contribution in [-0.2, 0) is 20.9 Å². The molecule has 116 valence electrons. The van der Waals surface area contributed by atoms with E-state index in [-0.39, 0.29) is 6.61 Å². The van der Waals surface area contributed by atoms with Crippen LogP contribution in [0.15, 0.2) is 54.9 Å². The molecule has 1 aromatic carbocycles. The molecule has 0 saturated carbocycles. The molecule has 0 aliphatic rings. The van der Waals surface area contributed by atoms with E-state index in [4.69, 9.17) is 9.84 Å². The quantitative estimate of drug-likeness (QED) is 0.575. The SMILES string of the molecule is O=C(O)/C=C\C(=O)OCc1cn2cc(-c3ccccc3)sc2n1. The van der Waals surface area contributed by atoms with Crippen LogP contribution in [0, 0.1) is 0 Å². The summed E-state index contributed by atoms with van der Waals surface area (Å²) < 4.78 is 6.81. The number of thiazole rings is 1. The zero-order valence-corrected chi connectivity index (χ0v) is 12.7. The first kappa shape index (κ1) is 15.0. The highest BCUT2D eigenvalue weighted by molar-refractivity contribution is 7.20. The standard InChI is InChI=1S/C16H12N2O4S/c19-14(20)6-7-15(21)22-10-12-8-18-9-13(23-16(18)17-12)11-4-2-1-3-5-11/h1-9H,10H2,(H,19,20)/b7-6-. The van der Waals surface area contributed by atoms with Crippen molar-refractivity contribution < 1.29 is 19.4 Å². The van der Waals surface area contributed by atoms with Gasteiger partial charge in [0.25, 0.3) is 0 Å². The van der Waals surface area contributed by atoms with Gasteiger partial charge in [0.05, 0.1) is 10.6 Å². The minimum Gasteiger partial charge on any atom is -0.478 e. The number of carboxylic acids is 1. The summed E-state index contributed by atoms with van der Waals surface area (Å²) in [4.78, 5) is 27.9. The average Bonchev–Trinajstić information content (AvgIpc) is 3.10. The molecule has 1 N–H and O–H groups in total. The highest BCUT2D eigenvalue weighted by atomic mass is 32.1. The number of hydrogen-bond donors (Lipinski definition) is 1. The van der Waals surface area contributed by atoms with Crippen molar-refractivity contribution in [3.05, 3.63) is 60.6 Å². The van der Waals surface area contributed by atoms with Crippen LogP contribution in [0.1, 0.15) is 5.69 Å². The number of rotatable bonds is 5. The van der Waals surface area contributed by atoms with Crippen LogP contribution in [0.4, 0.5) is 0 Å². The normalized spacial score (nSPS) is 11.1. The summed E-state index contributed by atoms with van der Waals surface area (Å²) in [5.41, 5.74) is 1.72. The van der Waals surface area contributed by atoms with E-state index in [2.05, 4.69) is 4.98 Å². The molecule has 0 aliphatic carbocycles. The monoisotopic (exact) mass is 328 g/mol. The largest absolute Gasteiger partial charge is 0.478 e. The second-order valence-corrected chi connectivity index (χ2v) is 5.67. The lowest BCUT2D eigenvalue weighted by atomic mass is 10.2. The molecule has 3 aromatic rings. The topological polar surface area (TPSA) is 80.9 Å². The van der Waals surface area contributed by atoms with Gasteiger partial charge in [-0.15, -0.1) is 0 Å². The molecule has 0 spiro atoms. The van der Waals surface area contributed by atoms with Crippen molar-refractivity contribution in [3.8, 4) is 10.4 Å². The molecule has 0 unspecified atom stereocenters. The number of aromatic nitrogens is 2. The Balaban J connectivity index is 1.69. The molecule has 0 radical (unpaired) electrons. The molecule has 0 fully saturated rings. The molecule has 2 heterocycles.